The summed E-state index contributed by atoms with van der Waals surface area (Å²) in [5.74, 6) is -0.408. The number of hydrogen-bond donors (Lipinski definition) is 2. The van der Waals surface area contributed by atoms with Crippen molar-refractivity contribution in [2.45, 2.75) is 27.7 Å². The van der Waals surface area contributed by atoms with Crippen molar-refractivity contribution in [1.82, 2.24) is 9.97 Å². The lowest BCUT2D eigenvalue weighted by Crippen LogP contribution is -2.18. The average molecular weight is 555 g/mol. The van der Waals surface area contributed by atoms with Gasteiger partial charge in [0.1, 0.15) is 0 Å². The number of nitrogens with one attached hydrogen (secondary N) is 2. The minimum Gasteiger partial charge on any atom is -0.357 e. The third kappa shape index (κ3) is 5.97. The van der Waals surface area contributed by atoms with E-state index in [-0.39, 0.29) is 11.6 Å². The molecule has 0 fully saturated rings. The van der Waals surface area contributed by atoms with Gasteiger partial charge in [0.2, 0.25) is 0 Å². The summed E-state index contributed by atoms with van der Waals surface area (Å²) in [4.78, 5) is 45.8. The maximum Gasteiger partial charge on any atom is 0.198 e. The minimum absolute atomic E-state index is 0.204. The van der Waals surface area contributed by atoms with Crippen LogP contribution in [0.15, 0.2) is 130 Å². The number of para-hydroxylation sites is 4. The lowest BCUT2D eigenvalue weighted by Gasteiger charge is -2.19. The number of hydrogen-bond acceptors (Lipinski definition) is 8. The monoisotopic (exact) mass is 554 g/mol. The van der Waals surface area contributed by atoms with Crippen LogP contribution in [0.2, 0.25) is 0 Å². The van der Waals surface area contributed by atoms with Gasteiger partial charge in [0, 0.05) is 47.3 Å². The molecule has 8 nitrogen and oxygen atoms in total. The first-order chi connectivity index (χ1) is 20.3. The molecule has 0 amide bonds. The van der Waals surface area contributed by atoms with Crippen LogP contribution in [0.5, 0.6) is 0 Å². The van der Waals surface area contributed by atoms with E-state index in [4.69, 9.17) is 9.98 Å². The molecule has 0 radical (unpaired) electrons. The van der Waals surface area contributed by atoms with Crippen LogP contribution >= 0.6 is 0 Å². The summed E-state index contributed by atoms with van der Waals surface area (Å²) >= 11 is 0. The fourth-order valence-corrected chi connectivity index (χ4v) is 4.85. The number of nitrogens with zero attached hydrogens (tertiary/aromatic N) is 4. The zero-order valence-electron chi connectivity index (χ0n) is 23.8. The number of carbonyl (C=O) groups excluding carboxylic acids is 2. The Labute approximate surface area is 244 Å². The first-order valence-electron chi connectivity index (χ1n) is 13.5. The van der Waals surface area contributed by atoms with Crippen LogP contribution in [0.3, 0.4) is 0 Å². The van der Waals surface area contributed by atoms with Crippen molar-refractivity contribution in [3.05, 3.63) is 131 Å². The van der Waals surface area contributed by atoms with Crippen LogP contribution in [0.1, 0.15) is 48.4 Å². The van der Waals surface area contributed by atoms with Gasteiger partial charge < -0.3 is 10.6 Å². The molecular weight excluding hydrogens is 524 g/mol. The van der Waals surface area contributed by atoms with Gasteiger partial charge in [-0.25, -0.2) is 0 Å². The number of Topliss-reactive ketones (excluding diaryl/α,β-unsaturated/α-hetero) is 2. The summed E-state index contributed by atoms with van der Waals surface area (Å²) in [5.41, 5.74) is 6.57. The molecule has 208 valence electrons. The van der Waals surface area contributed by atoms with Crippen molar-refractivity contribution in [2.75, 3.05) is 10.6 Å². The maximum absolute atomic E-state index is 13.8. The fraction of sp³-hybridized carbons (Fsp3) is 0.118. The van der Waals surface area contributed by atoms with E-state index in [0.717, 1.165) is 0 Å². The van der Waals surface area contributed by atoms with Gasteiger partial charge in [0.05, 0.1) is 45.3 Å². The smallest absolute Gasteiger partial charge is 0.198 e. The summed E-state index contributed by atoms with van der Waals surface area (Å²) < 4.78 is 0. The molecular formula is C34H30N6O2. The number of allylic oxidation sites excluding steroid dienone is 4. The van der Waals surface area contributed by atoms with Crippen molar-refractivity contribution >= 4 is 45.7 Å². The van der Waals surface area contributed by atoms with Gasteiger partial charge in [0.15, 0.2) is 11.6 Å². The van der Waals surface area contributed by atoms with Crippen LogP contribution in [-0.4, -0.2) is 33.0 Å². The Morgan fingerprint density at radius 2 is 0.952 bits per heavy atom. The highest BCUT2D eigenvalue weighted by molar-refractivity contribution is 6.29. The Morgan fingerprint density at radius 1 is 0.548 bits per heavy atom. The third-order valence-corrected chi connectivity index (χ3v) is 6.80. The standard InChI is InChI=1S/C34H30N6O2/c1-21-31(33(41)25-11-9-17-35-19-25)22(2)38-29-15-7-8-16-30(29)40-24(4)32(34(42)26-12-10-18-36-20-26)23(3)39-28-14-6-5-13-27(28)37-21/h5-20,37,40H,1-4H3/b31-21+,32-24+,38-22?,39-23?. The van der Waals surface area contributed by atoms with E-state index >= 15 is 0 Å². The second kappa shape index (κ2) is 12.3. The van der Waals surface area contributed by atoms with E-state index in [1.54, 1.807) is 49.1 Å². The SMILES string of the molecule is CC1=Nc2ccccc2N/C(C)=C(/C(=O)c2cccnc2)C(C)=Nc2ccccc2N/C(C)=C\1C(=O)c1cccnc1. The summed E-state index contributed by atoms with van der Waals surface area (Å²) in [5, 5.41) is 6.80. The van der Waals surface area contributed by atoms with E-state index in [1.165, 1.54) is 0 Å². The zero-order chi connectivity index (χ0) is 29.6. The molecule has 0 unspecified atom stereocenters. The second-order valence-electron chi connectivity index (χ2n) is 9.82. The van der Waals surface area contributed by atoms with E-state index in [9.17, 15) is 9.59 Å². The van der Waals surface area contributed by atoms with Crippen molar-refractivity contribution < 1.29 is 9.59 Å². The van der Waals surface area contributed by atoms with Gasteiger partial charge >= 0.3 is 0 Å². The molecule has 0 saturated heterocycles. The number of carbonyl (C=O) groups is 2. The first kappa shape index (κ1) is 28.0. The third-order valence-electron chi connectivity index (χ3n) is 6.80. The molecule has 3 heterocycles. The largest absolute Gasteiger partial charge is 0.357 e. The molecule has 2 N–H and O–H groups in total. The topological polar surface area (TPSA) is 109 Å². The van der Waals surface area contributed by atoms with Crippen molar-refractivity contribution in [2.24, 2.45) is 9.98 Å². The molecule has 2 aromatic carbocycles. The summed E-state index contributed by atoms with van der Waals surface area (Å²) in [6.07, 6.45) is 6.36. The highest BCUT2D eigenvalue weighted by Crippen LogP contribution is 2.32. The van der Waals surface area contributed by atoms with Gasteiger partial charge in [-0.2, -0.15) is 0 Å². The van der Waals surface area contributed by atoms with E-state index in [2.05, 4.69) is 20.6 Å². The molecule has 0 aliphatic carbocycles. The van der Waals surface area contributed by atoms with Crippen molar-refractivity contribution in [1.29, 1.82) is 0 Å². The summed E-state index contributed by atoms with van der Waals surface area (Å²) in [7, 11) is 0. The first-order valence-corrected chi connectivity index (χ1v) is 13.5. The lowest BCUT2D eigenvalue weighted by atomic mass is 9.98. The maximum atomic E-state index is 13.8. The molecule has 1 aliphatic heterocycles. The molecule has 2 aromatic heterocycles. The normalized spacial score (nSPS) is 17.3. The van der Waals surface area contributed by atoms with Crippen LogP contribution in [0, 0.1) is 0 Å². The van der Waals surface area contributed by atoms with Crippen LogP contribution in [0.4, 0.5) is 22.7 Å². The van der Waals surface area contributed by atoms with Crippen molar-refractivity contribution in [3.8, 4) is 0 Å². The fourth-order valence-electron chi connectivity index (χ4n) is 4.85. The number of ketones is 2. The molecule has 0 spiro atoms. The Kier molecular flexibility index (Phi) is 8.24. The molecule has 1 aliphatic rings. The van der Waals surface area contributed by atoms with Crippen LogP contribution < -0.4 is 10.6 Å². The number of rotatable bonds is 4. The highest BCUT2D eigenvalue weighted by atomic mass is 16.1. The average Bonchev–Trinajstić information content (AvgIpc) is 2.99. The van der Waals surface area contributed by atoms with E-state index in [0.29, 0.717) is 67.8 Å². The second-order valence-corrected chi connectivity index (χ2v) is 9.82. The van der Waals surface area contributed by atoms with Gasteiger partial charge in [-0.1, -0.05) is 24.3 Å². The number of anilines is 2. The number of aromatic nitrogens is 2. The van der Waals surface area contributed by atoms with Crippen molar-refractivity contribution in [3.63, 3.8) is 0 Å². The summed E-state index contributed by atoms with van der Waals surface area (Å²) in [6.45, 7) is 7.30. The van der Waals surface area contributed by atoms with Crippen LogP contribution in [0.25, 0.3) is 0 Å². The van der Waals surface area contributed by atoms with Crippen LogP contribution in [-0.2, 0) is 0 Å². The Morgan fingerprint density at radius 3 is 1.33 bits per heavy atom. The number of benzene rings is 2. The molecule has 0 saturated carbocycles. The number of aliphatic imine (C=N–C) groups is 2. The van der Waals surface area contributed by atoms with Gasteiger partial charge in [0.25, 0.3) is 0 Å². The number of fused-ring (bicyclic) bond motifs is 2. The van der Waals surface area contributed by atoms with Gasteiger partial charge in [-0.15, -0.1) is 0 Å². The Balaban J connectivity index is 1.75. The molecule has 0 bridgehead atoms. The zero-order valence-corrected chi connectivity index (χ0v) is 23.8. The quantitative estimate of drug-likeness (QED) is 0.253. The summed E-state index contributed by atoms with van der Waals surface area (Å²) in [6, 6.07) is 21.9. The highest BCUT2D eigenvalue weighted by Gasteiger charge is 2.23. The Bertz CT molecular complexity index is 1650. The molecule has 0 atom stereocenters. The predicted octanol–water partition coefficient (Wildman–Crippen LogP) is 7.51. The number of pyridine rings is 2. The molecule has 8 heteroatoms. The van der Waals surface area contributed by atoms with Gasteiger partial charge in [-0.3, -0.25) is 29.5 Å². The predicted molar refractivity (Wildman–Crippen MR) is 168 cm³/mol. The molecule has 4 aromatic rings. The minimum atomic E-state index is -0.204. The van der Waals surface area contributed by atoms with E-state index in [1.807, 2.05) is 76.2 Å². The molecule has 5 rings (SSSR count). The van der Waals surface area contributed by atoms with E-state index < -0.39 is 0 Å². The van der Waals surface area contributed by atoms with Gasteiger partial charge in [-0.05, 0) is 76.2 Å². The lowest BCUT2D eigenvalue weighted by molar-refractivity contribution is 0.103. The Hall–Kier alpha value is -5.50. The molecule has 42 heavy (non-hydrogen) atoms.